The lowest BCUT2D eigenvalue weighted by Gasteiger charge is -2.40. The zero-order valence-corrected chi connectivity index (χ0v) is 16.9. The lowest BCUT2D eigenvalue weighted by molar-refractivity contribution is -0.136. The quantitative estimate of drug-likeness (QED) is 0.775. The predicted octanol–water partition coefficient (Wildman–Crippen LogP) is 0.508. The molecule has 1 saturated heterocycles. The molecule has 0 spiro atoms. The lowest BCUT2D eigenvalue weighted by atomic mass is 9.84. The third kappa shape index (κ3) is 3.96. The van der Waals surface area contributed by atoms with Crippen LogP contribution in [0, 0.1) is 12.3 Å². The number of imidazole rings is 1. The molecule has 0 radical (unpaired) electrons. The first-order valence-corrected chi connectivity index (χ1v) is 9.51. The van der Waals surface area contributed by atoms with E-state index in [4.69, 9.17) is 5.73 Å². The highest BCUT2D eigenvalue weighted by molar-refractivity contribution is 5.81. The van der Waals surface area contributed by atoms with Crippen molar-refractivity contribution < 1.29 is 14.4 Å². The molecular formula is C18H29N7O3. The molecule has 3 N–H and O–H groups in total. The summed E-state index contributed by atoms with van der Waals surface area (Å²) in [4.78, 5) is 42.6. The van der Waals surface area contributed by atoms with Crippen LogP contribution in [0.5, 0.6) is 0 Å². The number of rotatable bonds is 4. The first kappa shape index (κ1) is 20.1. The molecule has 2 aliphatic rings. The highest BCUT2D eigenvalue weighted by atomic mass is 16.2. The average molecular weight is 391 g/mol. The molecule has 1 unspecified atom stereocenters. The van der Waals surface area contributed by atoms with Crippen LogP contribution in [0.15, 0.2) is 6.20 Å². The number of nitrogens with two attached hydrogens (primary N) is 1. The second-order valence-electron chi connectivity index (χ2n) is 8.44. The van der Waals surface area contributed by atoms with E-state index in [1.165, 1.54) is 0 Å². The van der Waals surface area contributed by atoms with Crippen LogP contribution in [-0.4, -0.2) is 74.7 Å². The van der Waals surface area contributed by atoms with Crippen LogP contribution in [0.3, 0.4) is 0 Å². The number of hydrazine groups is 1. The topological polar surface area (TPSA) is 117 Å². The monoisotopic (exact) mass is 391 g/mol. The van der Waals surface area contributed by atoms with Crippen LogP contribution in [0.25, 0.3) is 0 Å². The van der Waals surface area contributed by atoms with Gasteiger partial charge in [-0.25, -0.2) is 24.1 Å². The van der Waals surface area contributed by atoms with Gasteiger partial charge in [0.25, 0.3) is 0 Å². The van der Waals surface area contributed by atoms with Crippen molar-refractivity contribution in [3.63, 3.8) is 0 Å². The summed E-state index contributed by atoms with van der Waals surface area (Å²) in [6.07, 6.45) is 1.93. The van der Waals surface area contributed by atoms with Gasteiger partial charge in [0.05, 0.1) is 18.4 Å². The van der Waals surface area contributed by atoms with E-state index < -0.39 is 6.03 Å². The molecule has 4 amide bonds. The van der Waals surface area contributed by atoms with Gasteiger partial charge in [-0.3, -0.25) is 9.80 Å². The molecule has 1 aromatic rings. The van der Waals surface area contributed by atoms with Gasteiger partial charge in [0.1, 0.15) is 5.82 Å². The normalized spacial score (nSPS) is 18.9. The SMILES string of the molecule is Cc1ncc2n1C(=O)N(N1CCN(C(=O)CC(NC(N)=O)C(C)(C)C)CC1)C2. The predicted molar refractivity (Wildman–Crippen MR) is 102 cm³/mol. The van der Waals surface area contributed by atoms with Crippen molar-refractivity contribution in [1.29, 1.82) is 0 Å². The summed E-state index contributed by atoms with van der Waals surface area (Å²) in [6, 6.07) is -1.06. The van der Waals surface area contributed by atoms with E-state index in [1.807, 2.05) is 32.7 Å². The Balaban J connectivity index is 1.56. The van der Waals surface area contributed by atoms with Crippen LogP contribution < -0.4 is 11.1 Å². The van der Waals surface area contributed by atoms with Crippen LogP contribution in [-0.2, 0) is 11.3 Å². The molecule has 3 rings (SSSR count). The van der Waals surface area contributed by atoms with Crippen LogP contribution in [0.4, 0.5) is 9.59 Å². The largest absolute Gasteiger partial charge is 0.352 e. The molecule has 0 saturated carbocycles. The van der Waals surface area contributed by atoms with Crippen LogP contribution >= 0.6 is 0 Å². The third-order valence-corrected chi connectivity index (χ3v) is 5.43. The van der Waals surface area contributed by atoms with E-state index >= 15 is 0 Å². The molecule has 10 nitrogen and oxygen atoms in total. The fraction of sp³-hybridized carbons (Fsp3) is 0.667. The smallest absolute Gasteiger partial charge is 0.344 e. The first-order valence-electron chi connectivity index (χ1n) is 9.51. The molecular weight excluding hydrogens is 362 g/mol. The minimum absolute atomic E-state index is 0.0209. The number of primary amides is 1. The van der Waals surface area contributed by atoms with Gasteiger partial charge in [-0.05, 0) is 12.3 Å². The van der Waals surface area contributed by atoms with E-state index in [0.29, 0.717) is 38.5 Å². The van der Waals surface area contributed by atoms with Gasteiger partial charge in [-0.1, -0.05) is 20.8 Å². The van der Waals surface area contributed by atoms with Crippen molar-refractivity contribution in [3.05, 3.63) is 17.7 Å². The molecule has 28 heavy (non-hydrogen) atoms. The number of aryl methyl sites for hydroxylation is 1. The van der Waals surface area contributed by atoms with E-state index in [0.717, 1.165) is 5.69 Å². The Labute approximate surface area is 164 Å². The number of nitrogens with one attached hydrogen (secondary N) is 1. The van der Waals surface area contributed by atoms with E-state index in [1.54, 1.807) is 20.7 Å². The molecule has 0 bridgehead atoms. The van der Waals surface area contributed by atoms with Gasteiger partial charge in [-0.2, -0.15) is 0 Å². The summed E-state index contributed by atoms with van der Waals surface area (Å²) in [5, 5.41) is 6.39. The summed E-state index contributed by atoms with van der Waals surface area (Å²) in [5.74, 6) is 0.666. The molecule has 0 aliphatic carbocycles. The Kier molecular flexibility index (Phi) is 5.33. The van der Waals surface area contributed by atoms with Crippen molar-refractivity contribution in [2.75, 3.05) is 26.2 Å². The van der Waals surface area contributed by atoms with Crippen molar-refractivity contribution in [3.8, 4) is 0 Å². The van der Waals surface area contributed by atoms with Gasteiger partial charge >= 0.3 is 12.1 Å². The number of urea groups is 1. The van der Waals surface area contributed by atoms with Gasteiger partial charge in [0, 0.05) is 38.6 Å². The summed E-state index contributed by atoms with van der Waals surface area (Å²) < 4.78 is 1.63. The summed E-state index contributed by atoms with van der Waals surface area (Å²) in [5.41, 5.74) is 5.85. The van der Waals surface area contributed by atoms with Crippen molar-refractivity contribution in [1.82, 2.24) is 29.8 Å². The minimum Gasteiger partial charge on any atom is -0.352 e. The minimum atomic E-state index is -0.626. The standard InChI is InChI=1S/C18H29N7O3/c1-12-20-10-13-11-24(17(28)25(12)13)23-7-5-22(6-8-23)15(26)9-14(18(2,3)4)21-16(19)27/h10,14H,5-9,11H2,1-4H3,(H3,19,21,27). The molecule has 1 aromatic heterocycles. The number of hydrogen-bond acceptors (Lipinski definition) is 5. The molecule has 1 atom stereocenters. The van der Waals surface area contributed by atoms with Gasteiger partial charge in [0.2, 0.25) is 5.91 Å². The van der Waals surface area contributed by atoms with E-state index in [2.05, 4.69) is 10.3 Å². The third-order valence-electron chi connectivity index (χ3n) is 5.43. The summed E-state index contributed by atoms with van der Waals surface area (Å²) in [6.45, 7) is 10.4. The molecule has 10 heteroatoms. The zero-order valence-electron chi connectivity index (χ0n) is 16.9. The highest BCUT2D eigenvalue weighted by Gasteiger charge is 2.36. The van der Waals surface area contributed by atoms with Crippen molar-refractivity contribution >= 4 is 18.0 Å². The maximum absolute atomic E-state index is 12.7. The van der Waals surface area contributed by atoms with Crippen LogP contribution in [0.2, 0.25) is 0 Å². The zero-order chi connectivity index (χ0) is 20.6. The lowest BCUT2D eigenvalue weighted by Crippen LogP contribution is -2.56. The first-order chi connectivity index (χ1) is 13.1. The number of carbonyl (C=O) groups is 3. The molecule has 0 aromatic carbocycles. The van der Waals surface area contributed by atoms with Gasteiger partial charge < -0.3 is 16.0 Å². The maximum Gasteiger partial charge on any atom is 0.344 e. The number of aromatic nitrogens is 2. The number of fused-ring (bicyclic) bond motifs is 1. The van der Waals surface area contributed by atoms with Gasteiger partial charge in [0.15, 0.2) is 0 Å². The molecule has 3 heterocycles. The van der Waals surface area contributed by atoms with Gasteiger partial charge in [-0.15, -0.1) is 0 Å². The summed E-state index contributed by atoms with van der Waals surface area (Å²) >= 11 is 0. The maximum atomic E-state index is 12.7. The van der Waals surface area contributed by atoms with E-state index in [9.17, 15) is 14.4 Å². The second-order valence-corrected chi connectivity index (χ2v) is 8.44. The molecule has 2 aliphatic heterocycles. The Morgan fingerprint density at radius 2 is 1.89 bits per heavy atom. The fourth-order valence-corrected chi connectivity index (χ4v) is 3.66. The number of carbonyl (C=O) groups excluding carboxylic acids is 3. The highest BCUT2D eigenvalue weighted by Crippen LogP contribution is 2.24. The van der Waals surface area contributed by atoms with E-state index in [-0.39, 0.29) is 29.8 Å². The van der Waals surface area contributed by atoms with Crippen LogP contribution in [0.1, 0.15) is 38.7 Å². The number of nitrogens with zero attached hydrogens (tertiary/aromatic N) is 5. The second kappa shape index (κ2) is 7.42. The number of piperazine rings is 1. The van der Waals surface area contributed by atoms with Crippen molar-refractivity contribution in [2.24, 2.45) is 11.1 Å². The number of hydrogen-bond donors (Lipinski definition) is 2. The Bertz CT molecular complexity index is 775. The summed E-state index contributed by atoms with van der Waals surface area (Å²) in [7, 11) is 0. The average Bonchev–Trinajstić information content (AvgIpc) is 3.13. The molecule has 154 valence electrons. The number of amides is 4. The van der Waals surface area contributed by atoms with Crippen molar-refractivity contribution in [2.45, 2.75) is 46.7 Å². The Hall–Kier alpha value is -2.62. The Morgan fingerprint density at radius 1 is 1.25 bits per heavy atom. The molecule has 1 fully saturated rings. The Morgan fingerprint density at radius 3 is 2.43 bits per heavy atom. The fourth-order valence-electron chi connectivity index (χ4n) is 3.66.